The van der Waals surface area contributed by atoms with Gasteiger partial charge in [0.25, 0.3) is 0 Å². The summed E-state index contributed by atoms with van der Waals surface area (Å²) in [5, 5.41) is 11.2. The average Bonchev–Trinajstić information content (AvgIpc) is 2.68. The Labute approximate surface area is 176 Å². The third kappa shape index (κ3) is 4.80. The molecule has 2 aliphatic heterocycles. The van der Waals surface area contributed by atoms with Crippen molar-refractivity contribution in [3.05, 3.63) is 35.4 Å². The molecule has 2 aliphatic rings. The van der Waals surface area contributed by atoms with E-state index in [1.165, 1.54) is 0 Å². The molecule has 0 bridgehead atoms. The molecule has 0 aliphatic carbocycles. The molecule has 1 aromatic rings. The highest BCUT2D eigenvalue weighted by Crippen LogP contribution is 2.15. The summed E-state index contributed by atoms with van der Waals surface area (Å²) in [7, 11) is 0. The molecule has 8 nitrogen and oxygen atoms in total. The molecule has 30 heavy (non-hydrogen) atoms. The van der Waals surface area contributed by atoms with E-state index in [1.54, 1.807) is 0 Å². The van der Waals surface area contributed by atoms with Crippen LogP contribution >= 0.6 is 0 Å². The summed E-state index contributed by atoms with van der Waals surface area (Å²) in [4.78, 5) is 49.0. The molecule has 3 rings (SSSR count). The number of piperazine rings is 2. The third-order valence-electron chi connectivity index (χ3n) is 5.66. The molecule has 2 heterocycles. The highest BCUT2D eigenvalue weighted by molar-refractivity contribution is 5.98. The Morgan fingerprint density at radius 3 is 1.23 bits per heavy atom. The lowest BCUT2D eigenvalue weighted by Gasteiger charge is -2.32. The van der Waals surface area contributed by atoms with Crippen LogP contribution in [0, 0.1) is 11.8 Å². The van der Waals surface area contributed by atoms with Crippen molar-refractivity contribution >= 4 is 23.6 Å². The molecule has 4 N–H and O–H groups in total. The van der Waals surface area contributed by atoms with E-state index in [0.29, 0.717) is 12.8 Å². The first-order chi connectivity index (χ1) is 14.2. The summed E-state index contributed by atoms with van der Waals surface area (Å²) in [5.41, 5.74) is 1.80. The van der Waals surface area contributed by atoms with Crippen LogP contribution in [0.25, 0.3) is 0 Å². The van der Waals surface area contributed by atoms with Crippen LogP contribution in [0.5, 0.6) is 0 Å². The van der Waals surface area contributed by atoms with Gasteiger partial charge < -0.3 is 21.3 Å². The lowest BCUT2D eigenvalue weighted by molar-refractivity contribution is -0.137. The molecule has 0 spiro atoms. The highest BCUT2D eigenvalue weighted by Gasteiger charge is 2.36. The molecule has 0 aromatic heterocycles. The number of carbonyl (C=O) groups is 4. The van der Waals surface area contributed by atoms with Gasteiger partial charge in [-0.1, -0.05) is 52.0 Å². The molecule has 0 unspecified atom stereocenters. The first kappa shape index (κ1) is 21.8. The first-order valence-electron chi connectivity index (χ1n) is 10.4. The van der Waals surface area contributed by atoms with Crippen LogP contribution in [0.3, 0.4) is 0 Å². The van der Waals surface area contributed by atoms with Gasteiger partial charge in [0.2, 0.25) is 23.6 Å². The number of benzene rings is 1. The van der Waals surface area contributed by atoms with Gasteiger partial charge >= 0.3 is 0 Å². The fourth-order valence-corrected chi connectivity index (χ4v) is 3.80. The van der Waals surface area contributed by atoms with Crippen molar-refractivity contribution < 1.29 is 19.2 Å². The average molecular weight is 415 g/mol. The van der Waals surface area contributed by atoms with Crippen molar-refractivity contribution in [3.8, 4) is 0 Å². The van der Waals surface area contributed by atoms with Gasteiger partial charge in [-0.2, -0.15) is 0 Å². The molecule has 8 heteroatoms. The van der Waals surface area contributed by atoms with E-state index >= 15 is 0 Å². The van der Waals surface area contributed by atoms with E-state index in [0.717, 1.165) is 11.1 Å². The predicted molar refractivity (Wildman–Crippen MR) is 111 cm³/mol. The number of carbonyl (C=O) groups excluding carboxylic acids is 4. The van der Waals surface area contributed by atoms with Crippen LogP contribution in [-0.4, -0.2) is 47.8 Å². The molecular formula is C22H30N4O4. The second-order valence-electron chi connectivity index (χ2n) is 8.81. The molecular weight excluding hydrogens is 384 g/mol. The zero-order valence-electron chi connectivity index (χ0n) is 17.8. The standard InChI is InChI=1S/C22H30N4O4/c1-11(2)17-21(29)23-15(19(27)25-17)9-13-5-7-14(8-6-13)10-16-20(28)26-18(12(3)4)22(30)24-16/h5-8,11-12,15-18H,9-10H2,1-4H3,(H,23,29)(H,24,30)(H,25,27)(H,26,28)/t15-,16+,17-,18-/m0/s1. The van der Waals surface area contributed by atoms with Crippen LogP contribution in [0.4, 0.5) is 0 Å². The summed E-state index contributed by atoms with van der Waals surface area (Å²) in [6.45, 7) is 7.56. The summed E-state index contributed by atoms with van der Waals surface area (Å²) >= 11 is 0. The van der Waals surface area contributed by atoms with Crippen LogP contribution in [0.15, 0.2) is 24.3 Å². The lowest BCUT2D eigenvalue weighted by atomic mass is 9.95. The summed E-state index contributed by atoms with van der Waals surface area (Å²) in [6.07, 6.45) is 0.777. The minimum Gasteiger partial charge on any atom is -0.342 e. The summed E-state index contributed by atoms with van der Waals surface area (Å²) < 4.78 is 0. The second kappa shape index (κ2) is 8.85. The van der Waals surface area contributed by atoms with Gasteiger partial charge in [-0.15, -0.1) is 0 Å². The van der Waals surface area contributed by atoms with Crippen molar-refractivity contribution in [2.75, 3.05) is 0 Å². The minimum absolute atomic E-state index is 0.0301. The van der Waals surface area contributed by atoms with Gasteiger partial charge in [0.1, 0.15) is 24.2 Å². The number of rotatable bonds is 6. The van der Waals surface area contributed by atoms with E-state index in [9.17, 15) is 19.2 Å². The number of nitrogens with one attached hydrogen (secondary N) is 4. The van der Waals surface area contributed by atoms with Crippen molar-refractivity contribution in [2.45, 2.75) is 64.7 Å². The maximum absolute atomic E-state index is 12.3. The maximum atomic E-state index is 12.3. The number of amides is 4. The number of hydrogen-bond donors (Lipinski definition) is 4. The Kier molecular flexibility index (Phi) is 6.43. The largest absolute Gasteiger partial charge is 0.342 e. The SMILES string of the molecule is CC(C)[C@@H]1NC(=O)[C@H](Cc2ccc(C[C@H]3NC(=O)[C@H](C(C)C)NC3=O)cc2)NC1=O. The fraction of sp³-hybridized carbons (Fsp3) is 0.545. The Morgan fingerprint density at radius 2 is 0.933 bits per heavy atom. The lowest BCUT2D eigenvalue weighted by Crippen LogP contribution is -2.63. The quantitative estimate of drug-likeness (QED) is 0.526. The number of hydrogen-bond acceptors (Lipinski definition) is 4. The third-order valence-corrected chi connectivity index (χ3v) is 5.66. The van der Waals surface area contributed by atoms with Crippen LogP contribution < -0.4 is 21.3 Å². The normalized spacial score (nSPS) is 26.9. The van der Waals surface area contributed by atoms with Gasteiger partial charge in [0.15, 0.2) is 0 Å². The van der Waals surface area contributed by atoms with Gasteiger partial charge in [-0.05, 0) is 23.0 Å². The Hall–Kier alpha value is -2.90. The molecule has 1 aromatic carbocycles. The van der Waals surface area contributed by atoms with Gasteiger partial charge in [0.05, 0.1) is 0 Å². The molecule has 162 valence electrons. The molecule has 4 amide bonds. The smallest absolute Gasteiger partial charge is 0.243 e. The highest BCUT2D eigenvalue weighted by atomic mass is 16.2. The molecule has 4 atom stereocenters. The van der Waals surface area contributed by atoms with Gasteiger partial charge in [0, 0.05) is 12.8 Å². The van der Waals surface area contributed by atoms with Crippen molar-refractivity contribution in [1.29, 1.82) is 0 Å². The van der Waals surface area contributed by atoms with E-state index in [1.807, 2.05) is 52.0 Å². The van der Waals surface area contributed by atoms with Crippen LogP contribution in [-0.2, 0) is 32.0 Å². The predicted octanol–water partition coefficient (Wildman–Crippen LogP) is 0.0500. The Morgan fingerprint density at radius 1 is 0.600 bits per heavy atom. The topological polar surface area (TPSA) is 116 Å². The van der Waals surface area contributed by atoms with E-state index < -0.39 is 24.2 Å². The van der Waals surface area contributed by atoms with Crippen molar-refractivity contribution in [2.24, 2.45) is 11.8 Å². The van der Waals surface area contributed by atoms with Crippen LogP contribution in [0.1, 0.15) is 38.8 Å². The summed E-state index contributed by atoms with van der Waals surface area (Å²) in [6, 6.07) is 5.31. The molecule has 2 saturated heterocycles. The first-order valence-corrected chi connectivity index (χ1v) is 10.4. The molecule has 0 saturated carbocycles. The fourth-order valence-electron chi connectivity index (χ4n) is 3.80. The van der Waals surface area contributed by atoms with E-state index in [2.05, 4.69) is 21.3 Å². The maximum Gasteiger partial charge on any atom is 0.243 e. The van der Waals surface area contributed by atoms with E-state index in [4.69, 9.17) is 0 Å². The monoisotopic (exact) mass is 414 g/mol. The molecule has 0 radical (unpaired) electrons. The Balaban J connectivity index is 1.58. The van der Waals surface area contributed by atoms with E-state index in [-0.39, 0.29) is 35.5 Å². The second-order valence-corrected chi connectivity index (χ2v) is 8.81. The zero-order valence-corrected chi connectivity index (χ0v) is 17.8. The Bertz CT molecular complexity index is 765. The minimum atomic E-state index is -0.602. The van der Waals surface area contributed by atoms with Gasteiger partial charge in [-0.3, -0.25) is 19.2 Å². The molecule has 2 fully saturated rings. The zero-order chi connectivity index (χ0) is 22.0. The van der Waals surface area contributed by atoms with Crippen molar-refractivity contribution in [3.63, 3.8) is 0 Å². The van der Waals surface area contributed by atoms with Crippen molar-refractivity contribution in [1.82, 2.24) is 21.3 Å². The summed E-state index contributed by atoms with van der Waals surface area (Å²) in [5.74, 6) is -0.628. The van der Waals surface area contributed by atoms with Gasteiger partial charge in [-0.25, -0.2) is 0 Å². The van der Waals surface area contributed by atoms with Crippen LogP contribution in [0.2, 0.25) is 0 Å².